The van der Waals surface area contributed by atoms with E-state index in [-0.39, 0.29) is 18.0 Å². The Kier molecular flexibility index (Phi) is 3.01. The maximum atomic E-state index is 11.8. The molecule has 0 aliphatic rings. The van der Waals surface area contributed by atoms with E-state index in [0.717, 1.165) is 0 Å². The van der Waals surface area contributed by atoms with Crippen molar-refractivity contribution >= 4 is 22.8 Å². The van der Waals surface area contributed by atoms with E-state index in [9.17, 15) is 4.79 Å². The third kappa shape index (κ3) is 1.98. The summed E-state index contributed by atoms with van der Waals surface area (Å²) in [4.78, 5) is 20.1. The summed E-state index contributed by atoms with van der Waals surface area (Å²) in [5.74, 6) is 0.108. The molecule has 21 heavy (non-hydrogen) atoms. The van der Waals surface area contributed by atoms with E-state index in [2.05, 4.69) is 20.2 Å². The number of carbonyl (C=O) groups excluding carboxylic acids is 1. The van der Waals surface area contributed by atoms with Crippen molar-refractivity contribution in [2.24, 2.45) is 7.05 Å². The van der Waals surface area contributed by atoms with Gasteiger partial charge in [-0.2, -0.15) is 14.9 Å². The number of esters is 1. The molecule has 0 aliphatic heterocycles. The summed E-state index contributed by atoms with van der Waals surface area (Å²) in [6.07, 6.45) is 4.37. The molecule has 0 amide bonds. The number of carbonyl (C=O) groups is 1. The highest BCUT2D eigenvalue weighted by molar-refractivity contribution is 5.94. The van der Waals surface area contributed by atoms with Gasteiger partial charge in [0, 0.05) is 7.05 Å². The third-order valence-corrected chi connectivity index (χ3v) is 3.01. The summed E-state index contributed by atoms with van der Waals surface area (Å²) in [7, 11) is 1.77. The minimum absolute atomic E-state index is 0.164. The van der Waals surface area contributed by atoms with Crippen molar-refractivity contribution in [1.29, 1.82) is 0 Å². The normalized spacial score (nSPS) is 11.0. The molecule has 3 aromatic rings. The molecule has 0 aromatic carbocycles. The molecule has 0 saturated carbocycles. The molecule has 0 atom stereocenters. The van der Waals surface area contributed by atoms with Gasteiger partial charge in [0.05, 0.1) is 24.4 Å². The molecule has 3 aromatic heterocycles. The zero-order valence-electron chi connectivity index (χ0n) is 11.5. The number of nitrogen functional groups attached to an aromatic ring is 1. The van der Waals surface area contributed by atoms with Crippen LogP contribution in [0.15, 0.2) is 18.7 Å². The Balaban J connectivity index is 2.14. The van der Waals surface area contributed by atoms with Gasteiger partial charge in [-0.3, -0.25) is 4.68 Å². The van der Waals surface area contributed by atoms with Gasteiger partial charge in [0.25, 0.3) is 0 Å². The molecule has 0 saturated heterocycles. The van der Waals surface area contributed by atoms with E-state index in [1.54, 1.807) is 24.9 Å². The van der Waals surface area contributed by atoms with Crippen molar-refractivity contribution in [2.75, 3.05) is 12.3 Å². The average molecular weight is 287 g/mol. The number of hydrogen-bond donors (Lipinski definition) is 1. The highest BCUT2D eigenvalue weighted by Gasteiger charge is 2.19. The molecular formula is C12H13N7O2. The first-order chi connectivity index (χ1) is 10.1. The predicted octanol–water partition coefficient (Wildman–Crippen LogP) is 0.308. The maximum Gasteiger partial charge on any atom is 0.343 e. The first-order valence-electron chi connectivity index (χ1n) is 6.27. The first-order valence-corrected chi connectivity index (χ1v) is 6.27. The standard InChI is InChI=1S/C12H13N7O2/c1-3-21-12(20)7-4-17-19(9(7)13)11-8-5-16-18(2)10(8)14-6-15-11/h4-6H,3,13H2,1-2H3. The smallest absolute Gasteiger partial charge is 0.343 e. The van der Waals surface area contributed by atoms with E-state index in [0.29, 0.717) is 16.9 Å². The molecule has 0 fully saturated rings. The quantitative estimate of drug-likeness (QED) is 0.689. The number of nitrogens with two attached hydrogens (primary N) is 1. The van der Waals surface area contributed by atoms with Gasteiger partial charge in [0.15, 0.2) is 11.5 Å². The second-order valence-electron chi connectivity index (χ2n) is 4.28. The molecule has 2 N–H and O–H groups in total. The first kappa shape index (κ1) is 13.0. The van der Waals surface area contributed by atoms with E-state index in [1.807, 2.05) is 0 Å². The highest BCUT2D eigenvalue weighted by Crippen LogP contribution is 2.22. The molecule has 0 aliphatic carbocycles. The van der Waals surface area contributed by atoms with Crippen molar-refractivity contribution in [3.8, 4) is 5.82 Å². The lowest BCUT2D eigenvalue weighted by Gasteiger charge is -2.05. The maximum absolute atomic E-state index is 11.8. The molecule has 9 nitrogen and oxygen atoms in total. The van der Waals surface area contributed by atoms with Crippen molar-refractivity contribution in [3.05, 3.63) is 24.3 Å². The lowest BCUT2D eigenvalue weighted by atomic mass is 10.3. The third-order valence-electron chi connectivity index (χ3n) is 3.01. The zero-order valence-corrected chi connectivity index (χ0v) is 11.5. The number of aromatic nitrogens is 6. The van der Waals surface area contributed by atoms with Crippen LogP contribution < -0.4 is 5.73 Å². The van der Waals surface area contributed by atoms with Crippen molar-refractivity contribution in [1.82, 2.24) is 29.5 Å². The van der Waals surface area contributed by atoms with Crippen LogP contribution in [0.3, 0.4) is 0 Å². The number of anilines is 1. The Morgan fingerprint density at radius 2 is 2.14 bits per heavy atom. The molecule has 0 spiro atoms. The lowest BCUT2D eigenvalue weighted by molar-refractivity contribution is 0.0527. The lowest BCUT2D eigenvalue weighted by Crippen LogP contribution is -2.10. The molecule has 3 rings (SSSR count). The van der Waals surface area contributed by atoms with E-state index < -0.39 is 5.97 Å². The van der Waals surface area contributed by atoms with Crippen molar-refractivity contribution < 1.29 is 9.53 Å². The summed E-state index contributed by atoms with van der Waals surface area (Å²) in [5.41, 5.74) is 6.82. The summed E-state index contributed by atoms with van der Waals surface area (Å²) >= 11 is 0. The fraction of sp³-hybridized carbons (Fsp3) is 0.250. The van der Waals surface area contributed by atoms with Crippen molar-refractivity contribution in [3.63, 3.8) is 0 Å². The van der Waals surface area contributed by atoms with Gasteiger partial charge in [-0.1, -0.05) is 0 Å². The zero-order chi connectivity index (χ0) is 15.0. The molecule has 9 heteroatoms. The topological polar surface area (TPSA) is 114 Å². The Bertz CT molecular complexity index is 820. The molecular weight excluding hydrogens is 274 g/mol. The van der Waals surface area contributed by atoms with Crippen LogP contribution in [0, 0.1) is 0 Å². The molecule has 0 bridgehead atoms. The van der Waals surface area contributed by atoms with Gasteiger partial charge in [-0.25, -0.2) is 14.8 Å². The second kappa shape index (κ2) is 4.85. The van der Waals surface area contributed by atoms with Gasteiger partial charge in [-0.15, -0.1) is 0 Å². The summed E-state index contributed by atoms with van der Waals surface area (Å²) in [6.45, 7) is 1.99. The van der Waals surface area contributed by atoms with Gasteiger partial charge >= 0.3 is 5.97 Å². The monoisotopic (exact) mass is 287 g/mol. The predicted molar refractivity (Wildman–Crippen MR) is 73.8 cm³/mol. The average Bonchev–Trinajstić information content (AvgIpc) is 3.03. The summed E-state index contributed by atoms with van der Waals surface area (Å²) < 4.78 is 7.92. The Hall–Kier alpha value is -2.97. The molecule has 108 valence electrons. The van der Waals surface area contributed by atoms with Crippen LogP contribution in [-0.2, 0) is 11.8 Å². The van der Waals surface area contributed by atoms with Crippen LogP contribution in [0.2, 0.25) is 0 Å². The number of ether oxygens (including phenoxy) is 1. The van der Waals surface area contributed by atoms with Gasteiger partial charge in [-0.05, 0) is 6.92 Å². The fourth-order valence-electron chi connectivity index (χ4n) is 2.01. The van der Waals surface area contributed by atoms with Gasteiger partial charge in [0.1, 0.15) is 17.7 Å². The van der Waals surface area contributed by atoms with Gasteiger partial charge in [0.2, 0.25) is 0 Å². The number of rotatable bonds is 3. The number of hydrogen-bond acceptors (Lipinski definition) is 7. The number of fused-ring (bicyclic) bond motifs is 1. The molecule has 0 radical (unpaired) electrons. The van der Waals surface area contributed by atoms with Crippen LogP contribution in [0.25, 0.3) is 16.9 Å². The highest BCUT2D eigenvalue weighted by atomic mass is 16.5. The minimum Gasteiger partial charge on any atom is -0.462 e. The fourth-order valence-corrected chi connectivity index (χ4v) is 2.01. The number of aryl methyl sites for hydroxylation is 1. The Morgan fingerprint density at radius 1 is 1.33 bits per heavy atom. The van der Waals surface area contributed by atoms with E-state index in [1.165, 1.54) is 17.2 Å². The Morgan fingerprint density at radius 3 is 2.90 bits per heavy atom. The molecule has 3 heterocycles. The van der Waals surface area contributed by atoms with Crippen LogP contribution >= 0.6 is 0 Å². The van der Waals surface area contributed by atoms with Gasteiger partial charge < -0.3 is 10.5 Å². The summed E-state index contributed by atoms with van der Waals surface area (Å²) in [5, 5.41) is 8.92. The SMILES string of the molecule is CCOC(=O)c1cnn(-c2ncnc3c2cnn3C)c1N. The largest absolute Gasteiger partial charge is 0.462 e. The van der Waals surface area contributed by atoms with E-state index >= 15 is 0 Å². The number of nitrogens with zero attached hydrogens (tertiary/aromatic N) is 6. The van der Waals surface area contributed by atoms with Crippen LogP contribution in [0.1, 0.15) is 17.3 Å². The second-order valence-corrected chi connectivity index (χ2v) is 4.28. The van der Waals surface area contributed by atoms with E-state index in [4.69, 9.17) is 10.5 Å². The molecule has 0 unspecified atom stereocenters. The van der Waals surface area contributed by atoms with Crippen LogP contribution in [-0.4, -0.2) is 42.1 Å². The Labute approximate surface area is 119 Å². The summed E-state index contributed by atoms with van der Waals surface area (Å²) in [6, 6.07) is 0. The van der Waals surface area contributed by atoms with Crippen LogP contribution in [0.4, 0.5) is 5.82 Å². The minimum atomic E-state index is -0.516. The van der Waals surface area contributed by atoms with Crippen LogP contribution in [0.5, 0.6) is 0 Å². The van der Waals surface area contributed by atoms with Crippen molar-refractivity contribution in [2.45, 2.75) is 6.92 Å².